The summed E-state index contributed by atoms with van der Waals surface area (Å²) in [6.07, 6.45) is 0.381. The van der Waals surface area contributed by atoms with E-state index >= 15 is 0 Å². The zero-order valence-corrected chi connectivity index (χ0v) is 16.2. The van der Waals surface area contributed by atoms with Crippen LogP contribution in [0.3, 0.4) is 0 Å². The Hall–Kier alpha value is -2.41. The summed E-state index contributed by atoms with van der Waals surface area (Å²) in [7, 11) is 1.94. The Morgan fingerprint density at radius 3 is 2.38 bits per heavy atom. The number of rotatable bonds is 3. The van der Waals surface area contributed by atoms with Crippen molar-refractivity contribution in [1.82, 2.24) is 0 Å². The number of hydrogen-bond acceptors (Lipinski definition) is 0. The molecule has 3 aromatic rings. The highest BCUT2D eigenvalue weighted by Gasteiger charge is 2.18. The van der Waals surface area contributed by atoms with Crippen molar-refractivity contribution < 1.29 is 11.4 Å². The zero-order chi connectivity index (χ0) is 23.2. The van der Waals surface area contributed by atoms with Gasteiger partial charge in [0, 0.05) is 24.5 Å². The molecule has 0 unspecified atom stereocenters. The van der Waals surface area contributed by atoms with E-state index in [1.165, 1.54) is 0 Å². The minimum atomic E-state index is -2.20. The van der Waals surface area contributed by atoms with Gasteiger partial charge in [0.05, 0.1) is 0 Å². The van der Waals surface area contributed by atoms with Gasteiger partial charge in [-0.25, -0.2) is 4.57 Å². The van der Waals surface area contributed by atoms with Crippen LogP contribution in [0.2, 0.25) is 0 Å². The lowest BCUT2D eigenvalue weighted by Gasteiger charge is -2.18. The number of aryl methyl sites for hydroxylation is 2. The largest absolute Gasteiger partial charge is 0.212 e. The van der Waals surface area contributed by atoms with Gasteiger partial charge in [-0.05, 0) is 59.4 Å². The lowest BCUT2D eigenvalue weighted by Crippen LogP contribution is -2.31. The molecule has 0 saturated carbocycles. The fourth-order valence-electron chi connectivity index (χ4n) is 3.27. The monoisotopic (exact) mass is 349 g/mol. The van der Waals surface area contributed by atoms with Crippen LogP contribution in [0.1, 0.15) is 44.3 Å². The molecule has 2 aromatic carbocycles. The third-order valence-corrected chi connectivity index (χ3v) is 4.50. The molecule has 0 spiro atoms. The van der Waals surface area contributed by atoms with Crippen LogP contribution < -0.4 is 4.57 Å². The third-order valence-electron chi connectivity index (χ3n) is 4.50. The topological polar surface area (TPSA) is 3.88 Å². The van der Waals surface area contributed by atoms with Crippen molar-refractivity contribution in [3.05, 3.63) is 77.5 Å². The number of benzene rings is 2. The molecule has 1 aromatic heterocycles. The first-order valence-corrected chi connectivity index (χ1v) is 8.95. The Bertz CT molecular complexity index is 1110. The summed E-state index contributed by atoms with van der Waals surface area (Å²) in [5, 5.41) is 0. The van der Waals surface area contributed by atoms with Crippen molar-refractivity contribution in [3.8, 4) is 22.4 Å². The van der Waals surface area contributed by atoms with Crippen LogP contribution >= 0.6 is 0 Å². The van der Waals surface area contributed by atoms with E-state index in [1.807, 2.05) is 88.0 Å². The summed E-state index contributed by atoms with van der Waals surface area (Å²) in [4.78, 5) is 0. The molecule has 0 bridgehead atoms. The zero-order valence-electron chi connectivity index (χ0n) is 21.2. The lowest BCUT2D eigenvalue weighted by atomic mass is 9.87. The van der Waals surface area contributed by atoms with Crippen LogP contribution in [-0.4, -0.2) is 0 Å². The van der Waals surface area contributed by atoms with E-state index in [1.54, 1.807) is 12.1 Å². The van der Waals surface area contributed by atoms with Crippen molar-refractivity contribution in [2.24, 2.45) is 12.5 Å². The van der Waals surface area contributed by atoms with E-state index in [0.29, 0.717) is 16.7 Å². The minimum absolute atomic E-state index is 0.331. The number of nitrogens with zero attached hydrogens (tertiary/aromatic N) is 1. The molecule has 3 rings (SSSR count). The molecular weight excluding hydrogens is 314 g/mol. The van der Waals surface area contributed by atoms with Crippen LogP contribution in [0.25, 0.3) is 22.4 Å². The van der Waals surface area contributed by atoms with Gasteiger partial charge in [-0.1, -0.05) is 57.2 Å². The summed E-state index contributed by atoms with van der Waals surface area (Å²) in [6, 6.07) is 16.7. The van der Waals surface area contributed by atoms with Crippen LogP contribution in [0.4, 0.5) is 0 Å². The maximum absolute atomic E-state index is 8.67. The third kappa shape index (κ3) is 3.88. The number of pyridine rings is 1. The van der Waals surface area contributed by atoms with Gasteiger partial charge < -0.3 is 0 Å². The van der Waals surface area contributed by atoms with Crippen molar-refractivity contribution in [2.45, 2.75) is 40.9 Å². The molecule has 26 heavy (non-hydrogen) atoms. The molecule has 0 aliphatic heterocycles. The molecule has 1 heterocycles. The standard InChI is InChI=1S/C25H30N/c1-18-10-7-8-11-21(18)22-12-9-13-23(19(22)2)24-16-20(14-15-26(24)6)17-25(3,4)5/h7-16H,17H2,1-6H3/q+1/i1D3,17D2. The smallest absolute Gasteiger partial charge is 0.201 e. The normalized spacial score (nSPS) is 15.5. The molecule has 1 nitrogen and oxygen atoms in total. The highest BCUT2D eigenvalue weighted by atomic mass is 14.9. The minimum Gasteiger partial charge on any atom is -0.201 e. The molecule has 0 saturated heterocycles. The average Bonchev–Trinajstić information content (AvgIpc) is 2.67. The van der Waals surface area contributed by atoms with Crippen LogP contribution in [0.5, 0.6) is 0 Å². The molecule has 0 aliphatic carbocycles. The van der Waals surface area contributed by atoms with Gasteiger partial charge in [0.2, 0.25) is 5.69 Å². The molecule has 0 aliphatic rings. The maximum Gasteiger partial charge on any atom is 0.212 e. The SMILES string of the molecule is [2H]C([2H])([2H])c1ccccc1-c1cccc(-c2cc(C([2H])([2H])C(C)(C)C)cc[n+]2C)c1C. The Morgan fingerprint density at radius 1 is 0.962 bits per heavy atom. The van der Waals surface area contributed by atoms with Crippen molar-refractivity contribution in [1.29, 1.82) is 0 Å². The molecule has 0 radical (unpaired) electrons. The summed E-state index contributed by atoms with van der Waals surface area (Å²) in [5.74, 6) is 0. The van der Waals surface area contributed by atoms with Crippen LogP contribution in [-0.2, 0) is 13.4 Å². The molecular formula is C25H30N+. The second kappa shape index (κ2) is 7.07. The first-order valence-electron chi connectivity index (χ1n) is 11.4. The second-order valence-electron chi connectivity index (χ2n) is 7.81. The molecule has 0 fully saturated rings. The van der Waals surface area contributed by atoms with E-state index in [4.69, 9.17) is 6.85 Å². The van der Waals surface area contributed by atoms with Gasteiger partial charge in [-0.3, -0.25) is 0 Å². The van der Waals surface area contributed by atoms with Crippen LogP contribution in [0.15, 0.2) is 60.8 Å². The van der Waals surface area contributed by atoms with Gasteiger partial charge in [0.25, 0.3) is 0 Å². The Balaban J connectivity index is 2.22. The highest BCUT2D eigenvalue weighted by molar-refractivity contribution is 5.77. The maximum atomic E-state index is 8.67. The summed E-state index contributed by atoms with van der Waals surface area (Å²) >= 11 is 0. The molecule has 0 atom stereocenters. The van der Waals surface area contributed by atoms with Gasteiger partial charge in [-0.15, -0.1) is 0 Å². The fraction of sp³-hybridized carbons (Fsp3) is 0.320. The number of aromatic nitrogens is 1. The van der Waals surface area contributed by atoms with Crippen molar-refractivity contribution in [3.63, 3.8) is 0 Å². The van der Waals surface area contributed by atoms with Crippen molar-refractivity contribution >= 4 is 0 Å². The molecule has 0 amide bonds. The molecule has 134 valence electrons. The quantitative estimate of drug-likeness (QED) is 0.507. The van der Waals surface area contributed by atoms with Gasteiger partial charge in [-0.2, -0.15) is 0 Å². The van der Waals surface area contributed by atoms with E-state index in [0.717, 1.165) is 22.4 Å². The molecule has 1 heteroatoms. The van der Waals surface area contributed by atoms with Gasteiger partial charge in [0.1, 0.15) is 7.05 Å². The number of hydrogen-bond donors (Lipinski definition) is 0. The Kier molecular flexibility index (Phi) is 3.50. The highest BCUT2D eigenvalue weighted by Crippen LogP contribution is 2.32. The van der Waals surface area contributed by atoms with E-state index < -0.39 is 18.6 Å². The first-order chi connectivity index (χ1) is 14.2. The summed E-state index contributed by atoms with van der Waals surface area (Å²) in [6.45, 7) is 5.49. The van der Waals surface area contributed by atoms with E-state index in [2.05, 4.69) is 0 Å². The lowest BCUT2D eigenvalue weighted by molar-refractivity contribution is -0.660. The fourth-order valence-corrected chi connectivity index (χ4v) is 3.27. The van der Waals surface area contributed by atoms with E-state index in [-0.39, 0.29) is 0 Å². The second-order valence-corrected chi connectivity index (χ2v) is 7.81. The van der Waals surface area contributed by atoms with Gasteiger partial charge in [0.15, 0.2) is 6.20 Å². The predicted octanol–water partition coefficient (Wildman–Crippen LogP) is 6.05. The average molecular weight is 350 g/mol. The van der Waals surface area contributed by atoms with E-state index in [9.17, 15) is 0 Å². The summed E-state index contributed by atoms with van der Waals surface area (Å²) < 4.78 is 43.1. The van der Waals surface area contributed by atoms with Crippen molar-refractivity contribution in [2.75, 3.05) is 0 Å². The Labute approximate surface area is 165 Å². The molecule has 0 N–H and O–H groups in total. The van der Waals surface area contributed by atoms with Crippen LogP contribution in [0, 0.1) is 19.2 Å². The first kappa shape index (κ1) is 12.9. The summed E-state index contributed by atoms with van der Waals surface area (Å²) in [5.41, 5.74) is 4.77. The predicted molar refractivity (Wildman–Crippen MR) is 111 cm³/mol. The Morgan fingerprint density at radius 2 is 1.65 bits per heavy atom. The van der Waals surface area contributed by atoms with Gasteiger partial charge >= 0.3 is 0 Å².